The number of amides is 2. The summed E-state index contributed by atoms with van der Waals surface area (Å²) in [5.41, 5.74) is 1.59. The van der Waals surface area contributed by atoms with Gasteiger partial charge in [-0.15, -0.1) is 0 Å². The second-order valence-electron chi connectivity index (χ2n) is 8.22. The number of H-pyrrole nitrogens is 1. The number of aromatic nitrogens is 3. The lowest BCUT2D eigenvalue weighted by Crippen LogP contribution is -2.42. The van der Waals surface area contributed by atoms with Crippen LogP contribution in [0, 0.1) is 5.82 Å². The number of fused-ring (bicyclic) bond motifs is 1. The van der Waals surface area contributed by atoms with Crippen molar-refractivity contribution < 1.29 is 18.7 Å². The second-order valence-corrected chi connectivity index (χ2v) is 8.22. The quantitative estimate of drug-likeness (QED) is 0.529. The molecule has 1 atom stereocenters. The molecule has 0 aliphatic carbocycles. The van der Waals surface area contributed by atoms with Crippen molar-refractivity contribution in [3.05, 3.63) is 77.0 Å². The van der Waals surface area contributed by atoms with Crippen molar-refractivity contribution in [2.24, 2.45) is 0 Å². The van der Waals surface area contributed by atoms with Crippen molar-refractivity contribution in [1.29, 1.82) is 0 Å². The van der Waals surface area contributed by atoms with E-state index in [0.29, 0.717) is 34.9 Å². The van der Waals surface area contributed by atoms with Crippen LogP contribution in [0.5, 0.6) is 0 Å². The van der Waals surface area contributed by atoms with E-state index in [-0.39, 0.29) is 6.54 Å². The molecule has 0 unspecified atom stereocenters. The highest BCUT2D eigenvalue weighted by Crippen LogP contribution is 2.41. The molecule has 33 heavy (non-hydrogen) atoms. The van der Waals surface area contributed by atoms with Crippen molar-refractivity contribution in [2.75, 3.05) is 18.9 Å². The van der Waals surface area contributed by atoms with Gasteiger partial charge in [-0.25, -0.2) is 9.18 Å². The van der Waals surface area contributed by atoms with Gasteiger partial charge in [-0.3, -0.25) is 19.8 Å². The monoisotopic (exact) mass is 452 g/mol. The topological polar surface area (TPSA) is 112 Å². The van der Waals surface area contributed by atoms with E-state index in [1.165, 1.54) is 24.3 Å². The van der Waals surface area contributed by atoms with Gasteiger partial charge in [-0.1, -0.05) is 6.07 Å². The van der Waals surface area contributed by atoms with Crippen molar-refractivity contribution in [1.82, 2.24) is 25.4 Å². The van der Waals surface area contributed by atoms with E-state index in [0.717, 1.165) is 0 Å². The number of carbonyl (C=O) groups excluding carboxylic acids is 2. The molecular formula is C23H25FN6O3. The van der Waals surface area contributed by atoms with Crippen LogP contribution in [0.1, 0.15) is 47.3 Å². The molecule has 3 heterocycles. The van der Waals surface area contributed by atoms with Gasteiger partial charge in [0.2, 0.25) is 0 Å². The van der Waals surface area contributed by atoms with E-state index in [1.807, 2.05) is 19.9 Å². The van der Waals surface area contributed by atoms with Gasteiger partial charge in [0.1, 0.15) is 5.82 Å². The zero-order chi connectivity index (χ0) is 23.6. The third kappa shape index (κ3) is 4.42. The van der Waals surface area contributed by atoms with Crippen molar-refractivity contribution >= 4 is 17.8 Å². The van der Waals surface area contributed by atoms with Crippen LogP contribution in [0.3, 0.4) is 0 Å². The van der Waals surface area contributed by atoms with Crippen LogP contribution in [0.4, 0.5) is 15.0 Å². The normalized spacial score (nSPS) is 15.1. The van der Waals surface area contributed by atoms with Gasteiger partial charge in [0.25, 0.3) is 5.91 Å². The van der Waals surface area contributed by atoms with E-state index in [2.05, 4.69) is 25.8 Å². The minimum atomic E-state index is -0.743. The molecule has 0 fully saturated rings. The largest absolute Gasteiger partial charge is 0.438 e. The minimum absolute atomic E-state index is 0.200. The maximum Gasteiger partial charge on any atom is 0.411 e. The number of pyridine rings is 1. The van der Waals surface area contributed by atoms with Gasteiger partial charge in [-0.05, 0) is 57.3 Å². The Morgan fingerprint density at radius 3 is 2.67 bits per heavy atom. The third-order valence-electron chi connectivity index (χ3n) is 5.68. The zero-order valence-corrected chi connectivity index (χ0v) is 18.6. The Morgan fingerprint density at radius 2 is 2.00 bits per heavy atom. The standard InChI is InChI=1S/C23H25FN6O3/c1-23(2)19-16(20(29-28-19)27-21(31)14-7-9-15(24)10-8-14)13-30(23)22(32)33-18(12-25-3)17-6-4-5-11-26-17/h4-11,18,25H,12-13H2,1-3H3,(H2,27,28,29,31)/t18-/m1/s1. The first-order valence-corrected chi connectivity index (χ1v) is 10.5. The molecule has 2 amide bonds. The van der Waals surface area contributed by atoms with Crippen LogP contribution in [0.25, 0.3) is 0 Å². The molecule has 1 aliphatic heterocycles. The van der Waals surface area contributed by atoms with Crippen molar-refractivity contribution in [3.8, 4) is 0 Å². The van der Waals surface area contributed by atoms with Crippen LogP contribution < -0.4 is 10.6 Å². The number of benzene rings is 1. The number of hydrogen-bond acceptors (Lipinski definition) is 6. The molecule has 0 saturated carbocycles. The number of likely N-dealkylation sites (N-methyl/N-ethyl adjacent to an activating group) is 1. The lowest BCUT2D eigenvalue weighted by Gasteiger charge is -2.32. The third-order valence-corrected chi connectivity index (χ3v) is 5.68. The molecule has 0 saturated heterocycles. The minimum Gasteiger partial charge on any atom is -0.438 e. The van der Waals surface area contributed by atoms with E-state index < -0.39 is 29.5 Å². The first-order valence-electron chi connectivity index (χ1n) is 10.5. The van der Waals surface area contributed by atoms with E-state index >= 15 is 0 Å². The summed E-state index contributed by atoms with van der Waals surface area (Å²) >= 11 is 0. The summed E-state index contributed by atoms with van der Waals surface area (Å²) in [5, 5.41) is 12.9. The van der Waals surface area contributed by atoms with E-state index in [4.69, 9.17) is 4.74 Å². The molecule has 0 spiro atoms. The molecule has 9 nitrogen and oxygen atoms in total. The van der Waals surface area contributed by atoms with E-state index in [9.17, 15) is 14.0 Å². The summed E-state index contributed by atoms with van der Waals surface area (Å²) in [6.07, 6.45) is 0.582. The summed E-state index contributed by atoms with van der Waals surface area (Å²) in [6, 6.07) is 10.7. The fourth-order valence-corrected chi connectivity index (χ4v) is 3.84. The van der Waals surface area contributed by atoms with Gasteiger partial charge in [0, 0.05) is 23.9 Å². The number of aromatic amines is 1. The fraction of sp³-hybridized carbons (Fsp3) is 0.304. The SMILES string of the molecule is CNC[C@@H](OC(=O)N1Cc2c(NC(=O)c3ccc(F)cc3)n[nH]c2C1(C)C)c1ccccn1. The summed E-state index contributed by atoms with van der Waals surface area (Å²) in [4.78, 5) is 31.6. The second kappa shape index (κ2) is 8.99. The number of rotatable bonds is 6. The molecule has 4 rings (SSSR count). The van der Waals surface area contributed by atoms with Crippen molar-refractivity contribution in [2.45, 2.75) is 32.0 Å². The predicted octanol–water partition coefficient (Wildman–Crippen LogP) is 3.34. The fourth-order valence-electron chi connectivity index (χ4n) is 3.84. The Bertz CT molecular complexity index is 1150. The number of hydrogen-bond donors (Lipinski definition) is 3. The number of ether oxygens (including phenoxy) is 1. The Morgan fingerprint density at radius 1 is 1.24 bits per heavy atom. The predicted molar refractivity (Wildman–Crippen MR) is 119 cm³/mol. The maximum absolute atomic E-state index is 13.2. The first kappa shape index (κ1) is 22.4. The van der Waals surface area contributed by atoms with Gasteiger partial charge in [0.05, 0.1) is 23.5 Å². The Kier molecular flexibility index (Phi) is 6.10. The highest BCUT2D eigenvalue weighted by Gasteiger charge is 2.45. The number of nitrogens with zero attached hydrogens (tertiary/aromatic N) is 3. The van der Waals surface area contributed by atoms with Crippen LogP contribution >= 0.6 is 0 Å². The number of halogens is 1. The summed E-state index contributed by atoms with van der Waals surface area (Å²) < 4.78 is 19.0. The molecule has 1 aromatic carbocycles. The number of anilines is 1. The smallest absolute Gasteiger partial charge is 0.411 e. The Labute approximate surface area is 190 Å². The summed E-state index contributed by atoms with van der Waals surface area (Å²) in [6.45, 7) is 4.35. The molecule has 0 radical (unpaired) electrons. The van der Waals surface area contributed by atoms with Gasteiger partial charge in [-0.2, -0.15) is 5.10 Å². The zero-order valence-electron chi connectivity index (χ0n) is 18.6. The molecular weight excluding hydrogens is 427 g/mol. The van der Waals surface area contributed by atoms with E-state index in [1.54, 1.807) is 30.3 Å². The molecule has 3 N–H and O–H groups in total. The Hall–Kier alpha value is -3.79. The molecule has 3 aromatic rings. The van der Waals surface area contributed by atoms with Gasteiger partial charge in [0.15, 0.2) is 11.9 Å². The maximum atomic E-state index is 13.2. The van der Waals surface area contributed by atoms with Gasteiger partial charge < -0.3 is 15.4 Å². The highest BCUT2D eigenvalue weighted by molar-refractivity contribution is 6.04. The number of carbonyl (C=O) groups is 2. The van der Waals surface area contributed by atoms with Crippen LogP contribution in [-0.2, 0) is 16.8 Å². The molecule has 1 aliphatic rings. The lowest BCUT2D eigenvalue weighted by molar-refractivity contribution is 0.0336. The lowest BCUT2D eigenvalue weighted by atomic mass is 10.0. The van der Waals surface area contributed by atoms with Crippen LogP contribution in [-0.4, -0.2) is 45.7 Å². The first-order chi connectivity index (χ1) is 15.8. The average molecular weight is 452 g/mol. The highest BCUT2D eigenvalue weighted by atomic mass is 19.1. The number of nitrogens with one attached hydrogen (secondary N) is 3. The van der Waals surface area contributed by atoms with Crippen molar-refractivity contribution in [3.63, 3.8) is 0 Å². The molecule has 0 bridgehead atoms. The van der Waals surface area contributed by atoms with Crippen LogP contribution in [0.15, 0.2) is 48.7 Å². The molecule has 10 heteroatoms. The summed E-state index contributed by atoms with van der Waals surface area (Å²) in [7, 11) is 1.77. The summed E-state index contributed by atoms with van der Waals surface area (Å²) in [5.74, 6) is -0.531. The molecule has 172 valence electrons. The van der Waals surface area contributed by atoms with Gasteiger partial charge >= 0.3 is 6.09 Å². The Balaban J connectivity index is 1.51. The van der Waals surface area contributed by atoms with Crippen LogP contribution in [0.2, 0.25) is 0 Å². The average Bonchev–Trinajstić information content (AvgIpc) is 3.32. The molecule has 2 aromatic heterocycles.